The van der Waals surface area contributed by atoms with Crippen LogP contribution in [-0.4, -0.2) is 26.0 Å². The van der Waals surface area contributed by atoms with Crippen molar-refractivity contribution in [2.24, 2.45) is 5.92 Å². The Bertz CT molecular complexity index is 354. The lowest BCUT2D eigenvalue weighted by atomic mass is 9.90. The summed E-state index contributed by atoms with van der Waals surface area (Å²) in [5.74, 6) is 0.831. The minimum Gasteiger partial charge on any atom is -0.388 e. The standard InChI is InChI=1S/C15H24N2/c1-16-14-10-6-9-13(11-14)15(17(2)3)12-7-4-5-8-12/h6,9-12,15-16H,4-5,7-8H2,1-3H3. The number of anilines is 1. The van der Waals surface area contributed by atoms with Gasteiger partial charge < -0.3 is 10.2 Å². The van der Waals surface area contributed by atoms with E-state index in [4.69, 9.17) is 0 Å². The van der Waals surface area contributed by atoms with Crippen LogP contribution in [0.3, 0.4) is 0 Å². The molecule has 1 unspecified atom stereocenters. The Labute approximate surface area is 105 Å². The maximum Gasteiger partial charge on any atom is 0.0370 e. The fourth-order valence-electron chi connectivity index (χ4n) is 3.14. The summed E-state index contributed by atoms with van der Waals surface area (Å²) in [6.45, 7) is 0. The Morgan fingerprint density at radius 3 is 2.53 bits per heavy atom. The highest BCUT2D eigenvalue weighted by molar-refractivity contribution is 5.46. The second-order valence-electron chi connectivity index (χ2n) is 5.33. The highest BCUT2D eigenvalue weighted by Crippen LogP contribution is 2.38. The van der Waals surface area contributed by atoms with Crippen LogP contribution in [0.5, 0.6) is 0 Å². The molecule has 2 rings (SSSR count). The van der Waals surface area contributed by atoms with Gasteiger partial charge in [-0.1, -0.05) is 25.0 Å². The van der Waals surface area contributed by atoms with Gasteiger partial charge in [0.2, 0.25) is 0 Å². The van der Waals surface area contributed by atoms with Crippen molar-refractivity contribution in [1.82, 2.24) is 4.90 Å². The van der Waals surface area contributed by atoms with Crippen LogP contribution in [0.4, 0.5) is 5.69 Å². The molecule has 1 saturated carbocycles. The average molecular weight is 232 g/mol. The molecule has 0 radical (unpaired) electrons. The molecular formula is C15H24N2. The summed E-state index contributed by atoms with van der Waals surface area (Å²) < 4.78 is 0. The van der Waals surface area contributed by atoms with Gasteiger partial charge in [-0.25, -0.2) is 0 Å². The summed E-state index contributed by atoms with van der Waals surface area (Å²) in [6, 6.07) is 9.43. The molecule has 1 aromatic carbocycles. The predicted octanol–water partition coefficient (Wildman–Crippen LogP) is 3.52. The minimum atomic E-state index is 0.575. The van der Waals surface area contributed by atoms with Gasteiger partial charge in [0, 0.05) is 18.8 Å². The molecule has 94 valence electrons. The van der Waals surface area contributed by atoms with E-state index < -0.39 is 0 Å². The van der Waals surface area contributed by atoms with Crippen molar-refractivity contribution in [2.45, 2.75) is 31.7 Å². The lowest BCUT2D eigenvalue weighted by molar-refractivity contribution is 0.214. The zero-order valence-electron chi connectivity index (χ0n) is 11.2. The van der Waals surface area contributed by atoms with Gasteiger partial charge in [0.05, 0.1) is 0 Å². The quantitative estimate of drug-likeness (QED) is 0.854. The van der Waals surface area contributed by atoms with E-state index in [1.165, 1.54) is 36.9 Å². The Morgan fingerprint density at radius 1 is 1.24 bits per heavy atom. The van der Waals surface area contributed by atoms with Crippen molar-refractivity contribution in [2.75, 3.05) is 26.5 Å². The van der Waals surface area contributed by atoms with Gasteiger partial charge in [0.25, 0.3) is 0 Å². The molecule has 0 amide bonds. The van der Waals surface area contributed by atoms with Crippen LogP contribution >= 0.6 is 0 Å². The van der Waals surface area contributed by atoms with E-state index in [0.717, 1.165) is 5.92 Å². The van der Waals surface area contributed by atoms with Crippen molar-refractivity contribution in [3.8, 4) is 0 Å². The molecule has 2 nitrogen and oxygen atoms in total. The average Bonchev–Trinajstić information content (AvgIpc) is 2.83. The van der Waals surface area contributed by atoms with Gasteiger partial charge in [-0.3, -0.25) is 0 Å². The van der Waals surface area contributed by atoms with E-state index in [1.807, 2.05) is 7.05 Å². The SMILES string of the molecule is CNc1cccc(C(C2CCCC2)N(C)C)c1. The van der Waals surface area contributed by atoms with Crippen molar-refractivity contribution >= 4 is 5.69 Å². The van der Waals surface area contributed by atoms with Gasteiger partial charge in [-0.05, 0) is 50.6 Å². The molecule has 0 bridgehead atoms. The van der Waals surface area contributed by atoms with Crippen LogP contribution in [0.25, 0.3) is 0 Å². The molecule has 0 spiro atoms. The topological polar surface area (TPSA) is 15.3 Å². The number of rotatable bonds is 4. The van der Waals surface area contributed by atoms with Gasteiger partial charge in [0.15, 0.2) is 0 Å². The first-order valence-electron chi connectivity index (χ1n) is 6.66. The molecule has 1 atom stereocenters. The maximum absolute atomic E-state index is 3.23. The summed E-state index contributed by atoms with van der Waals surface area (Å²) in [6.07, 6.45) is 5.57. The zero-order chi connectivity index (χ0) is 12.3. The maximum atomic E-state index is 3.23. The third-order valence-electron chi connectivity index (χ3n) is 3.92. The second kappa shape index (κ2) is 5.54. The minimum absolute atomic E-state index is 0.575. The largest absolute Gasteiger partial charge is 0.388 e. The summed E-state index contributed by atoms with van der Waals surface area (Å²) in [5, 5.41) is 3.23. The van der Waals surface area contributed by atoms with E-state index in [2.05, 4.69) is 48.6 Å². The van der Waals surface area contributed by atoms with Crippen LogP contribution in [-0.2, 0) is 0 Å². The van der Waals surface area contributed by atoms with Crippen LogP contribution < -0.4 is 5.32 Å². The van der Waals surface area contributed by atoms with Gasteiger partial charge in [0.1, 0.15) is 0 Å². The fourth-order valence-corrected chi connectivity index (χ4v) is 3.14. The van der Waals surface area contributed by atoms with Gasteiger partial charge in [-0.2, -0.15) is 0 Å². The molecule has 1 N–H and O–H groups in total. The smallest absolute Gasteiger partial charge is 0.0370 e. The zero-order valence-corrected chi connectivity index (χ0v) is 11.2. The highest BCUT2D eigenvalue weighted by Gasteiger charge is 2.27. The summed E-state index contributed by atoms with van der Waals surface area (Å²) in [7, 11) is 6.39. The molecule has 0 aromatic heterocycles. The van der Waals surface area contributed by atoms with Gasteiger partial charge in [-0.15, -0.1) is 0 Å². The molecule has 17 heavy (non-hydrogen) atoms. The number of nitrogens with one attached hydrogen (secondary N) is 1. The normalized spacial score (nSPS) is 18.6. The van der Waals surface area contributed by atoms with Gasteiger partial charge >= 0.3 is 0 Å². The van der Waals surface area contributed by atoms with Crippen LogP contribution in [0, 0.1) is 5.92 Å². The van der Waals surface area contributed by atoms with E-state index in [9.17, 15) is 0 Å². The number of benzene rings is 1. The summed E-state index contributed by atoms with van der Waals surface area (Å²) in [5.41, 5.74) is 2.67. The molecule has 1 aromatic rings. The Balaban J connectivity index is 2.24. The molecule has 1 aliphatic carbocycles. The third kappa shape index (κ3) is 2.81. The molecule has 0 aliphatic heterocycles. The second-order valence-corrected chi connectivity index (χ2v) is 5.33. The first kappa shape index (κ1) is 12.4. The fraction of sp³-hybridized carbons (Fsp3) is 0.600. The Morgan fingerprint density at radius 2 is 1.94 bits per heavy atom. The van der Waals surface area contributed by atoms with Crippen molar-refractivity contribution in [1.29, 1.82) is 0 Å². The lowest BCUT2D eigenvalue weighted by Gasteiger charge is -2.30. The summed E-state index contributed by atoms with van der Waals surface area (Å²) in [4.78, 5) is 2.38. The summed E-state index contributed by atoms with van der Waals surface area (Å²) >= 11 is 0. The van der Waals surface area contributed by atoms with Crippen LogP contribution in [0.15, 0.2) is 24.3 Å². The lowest BCUT2D eigenvalue weighted by Crippen LogP contribution is -2.26. The van der Waals surface area contributed by atoms with Crippen LogP contribution in [0.2, 0.25) is 0 Å². The highest BCUT2D eigenvalue weighted by atomic mass is 15.1. The number of hydrogen-bond donors (Lipinski definition) is 1. The van der Waals surface area contributed by atoms with Crippen molar-refractivity contribution < 1.29 is 0 Å². The van der Waals surface area contributed by atoms with E-state index in [-0.39, 0.29) is 0 Å². The van der Waals surface area contributed by atoms with Crippen LogP contribution in [0.1, 0.15) is 37.3 Å². The van der Waals surface area contributed by atoms with Crippen molar-refractivity contribution in [3.05, 3.63) is 29.8 Å². The monoisotopic (exact) mass is 232 g/mol. The first-order valence-corrected chi connectivity index (χ1v) is 6.66. The Hall–Kier alpha value is -1.02. The molecule has 0 heterocycles. The third-order valence-corrected chi connectivity index (χ3v) is 3.92. The van der Waals surface area contributed by atoms with E-state index >= 15 is 0 Å². The number of hydrogen-bond acceptors (Lipinski definition) is 2. The van der Waals surface area contributed by atoms with E-state index in [0.29, 0.717) is 6.04 Å². The molecule has 1 aliphatic rings. The molecule has 1 fully saturated rings. The molecular weight excluding hydrogens is 208 g/mol. The predicted molar refractivity (Wildman–Crippen MR) is 74.4 cm³/mol. The molecule has 2 heteroatoms. The molecule has 0 saturated heterocycles. The van der Waals surface area contributed by atoms with E-state index in [1.54, 1.807) is 0 Å². The van der Waals surface area contributed by atoms with Crippen molar-refractivity contribution in [3.63, 3.8) is 0 Å². The Kier molecular flexibility index (Phi) is 4.06. The first-order chi connectivity index (χ1) is 8.22. The number of nitrogens with zero attached hydrogens (tertiary/aromatic N) is 1.